The average Bonchev–Trinajstić information content (AvgIpc) is 4.12. The van der Waals surface area contributed by atoms with Crippen LogP contribution in [0.5, 0.6) is 0 Å². The zero-order chi connectivity index (χ0) is 41.0. The van der Waals surface area contributed by atoms with E-state index in [9.17, 15) is 0 Å². The van der Waals surface area contributed by atoms with Crippen molar-refractivity contribution in [3.05, 3.63) is 247 Å². The van der Waals surface area contributed by atoms with Crippen molar-refractivity contribution in [1.29, 1.82) is 0 Å². The van der Waals surface area contributed by atoms with Crippen molar-refractivity contribution in [2.45, 2.75) is 18.8 Å². The summed E-state index contributed by atoms with van der Waals surface area (Å²) >= 11 is 0. The summed E-state index contributed by atoms with van der Waals surface area (Å²) in [5.41, 5.74) is 18.4. The molecule has 62 heavy (non-hydrogen) atoms. The minimum Gasteiger partial charge on any atom is -0.313 e. The maximum absolute atomic E-state index is 2.56. The first-order valence-corrected chi connectivity index (χ1v) is 21.9. The fourth-order valence-corrected chi connectivity index (χ4v) is 10.0. The van der Waals surface area contributed by atoms with Crippen LogP contribution in [-0.2, 0) is 0 Å². The summed E-state index contributed by atoms with van der Waals surface area (Å²) in [6, 6.07) is 70.9. The zero-order valence-electron chi connectivity index (χ0n) is 34.4. The Balaban J connectivity index is 0.906. The molecule has 0 amide bonds. The van der Waals surface area contributed by atoms with Gasteiger partial charge in [-0.2, -0.15) is 0 Å². The minimum absolute atomic E-state index is 0.587. The van der Waals surface area contributed by atoms with E-state index in [1.807, 2.05) is 0 Å². The first-order valence-electron chi connectivity index (χ1n) is 21.9. The Labute approximate surface area is 363 Å². The van der Waals surface area contributed by atoms with Gasteiger partial charge in [0.25, 0.3) is 0 Å². The number of aromatic nitrogens is 1. The quantitative estimate of drug-likeness (QED) is 0.149. The summed E-state index contributed by atoms with van der Waals surface area (Å²) in [6.45, 7) is 0. The highest BCUT2D eigenvalue weighted by Gasteiger charge is 2.43. The third-order valence-electron chi connectivity index (χ3n) is 13.1. The number of benzene rings is 8. The van der Waals surface area contributed by atoms with Gasteiger partial charge in [-0.1, -0.05) is 182 Å². The van der Waals surface area contributed by atoms with Crippen LogP contribution in [0.15, 0.2) is 225 Å². The van der Waals surface area contributed by atoms with E-state index in [0.717, 1.165) is 23.5 Å². The molecule has 0 saturated heterocycles. The summed E-state index contributed by atoms with van der Waals surface area (Å²) in [5, 5.41) is 4.01. The second-order valence-electron chi connectivity index (χ2n) is 16.8. The van der Waals surface area contributed by atoms with Gasteiger partial charge in [0.2, 0.25) is 0 Å². The van der Waals surface area contributed by atoms with Crippen LogP contribution in [0.2, 0.25) is 0 Å². The van der Waals surface area contributed by atoms with Crippen LogP contribution < -0.4 is 4.90 Å². The average molecular weight is 793 g/mol. The molecule has 0 radical (unpaired) electrons. The first-order chi connectivity index (χ1) is 30.8. The van der Waals surface area contributed by atoms with Gasteiger partial charge in [-0.05, 0) is 117 Å². The van der Waals surface area contributed by atoms with E-state index in [-0.39, 0.29) is 0 Å². The Morgan fingerprint density at radius 2 is 1.15 bits per heavy atom. The fourth-order valence-electron chi connectivity index (χ4n) is 10.0. The molecule has 1 saturated carbocycles. The monoisotopic (exact) mass is 792 g/mol. The summed E-state index contributed by atoms with van der Waals surface area (Å²) in [4.78, 5) is 2.39. The van der Waals surface area contributed by atoms with Gasteiger partial charge in [-0.25, -0.2) is 0 Å². The van der Waals surface area contributed by atoms with Gasteiger partial charge in [0, 0.05) is 45.2 Å². The molecule has 0 aliphatic heterocycles. The lowest BCUT2D eigenvalue weighted by atomic mass is 9.91. The zero-order valence-corrected chi connectivity index (χ0v) is 34.4. The van der Waals surface area contributed by atoms with Crippen molar-refractivity contribution in [2.24, 2.45) is 5.92 Å². The third kappa shape index (κ3) is 6.26. The van der Waals surface area contributed by atoms with Crippen molar-refractivity contribution < 1.29 is 0 Å². The number of anilines is 3. The Bertz CT molecular complexity index is 3250. The molecule has 0 N–H and O–H groups in total. The molecule has 3 aliphatic carbocycles. The highest BCUT2D eigenvalue weighted by Crippen LogP contribution is 2.56. The number of rotatable bonds is 8. The Hall–Kier alpha value is -7.68. The van der Waals surface area contributed by atoms with Gasteiger partial charge >= 0.3 is 0 Å². The molecule has 1 fully saturated rings. The standard InChI is InChI=1S/C60H44N2/c1-4-14-41(15-5-1)42-24-32-48(33-25-42)61(57-23-13-12-21-53(57)43-16-6-2-7-17-43)49-34-26-45(27-35-49)51-19-8-3-9-20-52(51)46-28-36-50(37-29-46)62-58-39-31-44-18-10-11-22-54(44)59(58)55-38-30-47-40-56(47)60(55)62/h1-7,9-39,47,56H,8,40H2. The van der Waals surface area contributed by atoms with Crippen LogP contribution in [0.3, 0.4) is 0 Å². The Kier molecular flexibility index (Phi) is 8.81. The first kappa shape index (κ1) is 36.2. The summed E-state index contributed by atoms with van der Waals surface area (Å²) in [6.07, 6.45) is 16.1. The molecular formula is C60H44N2. The van der Waals surface area contributed by atoms with Gasteiger partial charge < -0.3 is 9.47 Å². The van der Waals surface area contributed by atoms with Crippen LogP contribution in [0, 0.1) is 5.92 Å². The molecular weight excluding hydrogens is 749 g/mol. The molecule has 3 aliphatic rings. The maximum atomic E-state index is 2.56. The van der Waals surface area contributed by atoms with Crippen LogP contribution in [-0.4, -0.2) is 4.57 Å². The van der Waals surface area contributed by atoms with Gasteiger partial charge in [0.15, 0.2) is 0 Å². The van der Waals surface area contributed by atoms with Crippen molar-refractivity contribution >= 4 is 56.0 Å². The van der Waals surface area contributed by atoms with Crippen molar-refractivity contribution in [3.8, 4) is 27.9 Å². The maximum Gasteiger partial charge on any atom is 0.0544 e. The lowest BCUT2D eigenvalue weighted by Crippen LogP contribution is -2.11. The fraction of sp³-hybridized carbons (Fsp3) is 0.0667. The normalized spacial score (nSPS) is 16.3. The highest BCUT2D eigenvalue weighted by molar-refractivity contribution is 6.12. The second kappa shape index (κ2) is 15.1. The molecule has 2 unspecified atom stereocenters. The topological polar surface area (TPSA) is 8.17 Å². The van der Waals surface area contributed by atoms with E-state index in [1.165, 1.54) is 89.6 Å². The van der Waals surface area contributed by atoms with E-state index in [2.05, 4.69) is 240 Å². The van der Waals surface area contributed by atoms with Crippen molar-refractivity contribution in [1.82, 2.24) is 4.57 Å². The van der Waals surface area contributed by atoms with Crippen LogP contribution in [0.4, 0.5) is 17.1 Å². The Morgan fingerprint density at radius 1 is 0.516 bits per heavy atom. The minimum atomic E-state index is 0.587. The predicted octanol–water partition coefficient (Wildman–Crippen LogP) is 16.1. The second-order valence-corrected chi connectivity index (χ2v) is 16.8. The molecule has 1 aromatic heterocycles. The molecule has 9 aromatic rings. The molecule has 2 atom stereocenters. The van der Waals surface area contributed by atoms with E-state index < -0.39 is 0 Å². The van der Waals surface area contributed by atoms with Gasteiger partial charge in [0.1, 0.15) is 0 Å². The van der Waals surface area contributed by atoms with Crippen LogP contribution in [0.1, 0.15) is 41.1 Å². The number of allylic oxidation sites excluding steroid dienone is 7. The van der Waals surface area contributed by atoms with Gasteiger partial charge in [-0.15, -0.1) is 0 Å². The smallest absolute Gasteiger partial charge is 0.0544 e. The SMILES string of the molecule is C1=CCC=C(c2ccc(N(c3ccc(-c4ccccc4)cc3)c3ccccc3-c3ccccc3)cc2)C(c2ccc(-n3c4c(c5c6ccccc6ccc53)C=CC3CC43)cc2)=C1. The van der Waals surface area contributed by atoms with Gasteiger partial charge in [-0.3, -0.25) is 0 Å². The molecule has 294 valence electrons. The van der Waals surface area contributed by atoms with Crippen molar-refractivity contribution in [2.75, 3.05) is 4.90 Å². The van der Waals surface area contributed by atoms with E-state index in [0.29, 0.717) is 11.8 Å². The molecule has 2 heteroatoms. The lowest BCUT2D eigenvalue weighted by molar-refractivity contribution is 0.896. The highest BCUT2D eigenvalue weighted by atomic mass is 15.1. The summed E-state index contributed by atoms with van der Waals surface area (Å²) in [5.74, 6) is 1.24. The summed E-state index contributed by atoms with van der Waals surface area (Å²) in [7, 11) is 0. The van der Waals surface area contributed by atoms with Crippen molar-refractivity contribution in [3.63, 3.8) is 0 Å². The number of hydrogen-bond donors (Lipinski definition) is 0. The molecule has 0 spiro atoms. The summed E-state index contributed by atoms with van der Waals surface area (Å²) < 4.78 is 2.56. The predicted molar refractivity (Wildman–Crippen MR) is 262 cm³/mol. The number of para-hydroxylation sites is 1. The van der Waals surface area contributed by atoms with E-state index >= 15 is 0 Å². The Morgan fingerprint density at radius 3 is 1.92 bits per heavy atom. The van der Waals surface area contributed by atoms with E-state index in [4.69, 9.17) is 0 Å². The molecule has 8 aromatic carbocycles. The molecule has 0 bridgehead atoms. The van der Waals surface area contributed by atoms with Crippen LogP contribution >= 0.6 is 0 Å². The molecule has 1 heterocycles. The third-order valence-corrected chi connectivity index (χ3v) is 13.1. The molecule has 12 rings (SSSR count). The van der Waals surface area contributed by atoms with E-state index in [1.54, 1.807) is 0 Å². The van der Waals surface area contributed by atoms with Crippen LogP contribution in [0.25, 0.3) is 66.8 Å². The lowest BCUT2D eigenvalue weighted by Gasteiger charge is -2.28. The molecule has 2 nitrogen and oxygen atoms in total. The van der Waals surface area contributed by atoms with Gasteiger partial charge in [0.05, 0.1) is 11.2 Å². The largest absolute Gasteiger partial charge is 0.313 e. The number of hydrogen-bond acceptors (Lipinski definition) is 1. The number of nitrogens with zero attached hydrogens (tertiary/aromatic N) is 2. The number of fused-ring (bicyclic) bond motifs is 7.